The van der Waals surface area contributed by atoms with Gasteiger partial charge in [0.2, 0.25) is 11.8 Å². The number of halogens is 1. The standard InChI is InChI=1S/C24H27ClN6O2/c25-17-6-9-20-16(11-17)12-18(28-22(32)14-26)13-21-29-30-24(31(20)21)15-4-7-19(8-5-15)33-23-3-1-2-10-27-23/h1-3,6,9-11,15,18-19H,4-5,7-8,12-14,26H2,(H,28,32). The summed E-state index contributed by atoms with van der Waals surface area (Å²) in [6, 6.07) is 11.5. The number of nitrogens with one attached hydrogen (secondary N) is 1. The Labute approximate surface area is 197 Å². The van der Waals surface area contributed by atoms with Crippen LogP contribution in [0.5, 0.6) is 5.88 Å². The van der Waals surface area contributed by atoms with Crippen LogP contribution in [-0.4, -0.2) is 44.3 Å². The molecular weight excluding hydrogens is 440 g/mol. The molecule has 1 aliphatic carbocycles. The molecule has 1 amide bonds. The van der Waals surface area contributed by atoms with Gasteiger partial charge in [-0.25, -0.2) is 4.98 Å². The van der Waals surface area contributed by atoms with Crippen molar-refractivity contribution >= 4 is 17.5 Å². The van der Waals surface area contributed by atoms with E-state index in [1.807, 2.05) is 36.4 Å². The second kappa shape index (κ2) is 9.49. The third kappa shape index (κ3) is 4.72. The van der Waals surface area contributed by atoms with Crippen molar-refractivity contribution in [3.05, 3.63) is 64.8 Å². The van der Waals surface area contributed by atoms with Crippen molar-refractivity contribution in [3.63, 3.8) is 0 Å². The fourth-order valence-corrected chi connectivity index (χ4v) is 5.09. The molecule has 1 aromatic carbocycles. The summed E-state index contributed by atoms with van der Waals surface area (Å²) in [5.74, 6) is 2.60. The van der Waals surface area contributed by atoms with E-state index in [0.717, 1.165) is 48.6 Å². The number of carbonyl (C=O) groups is 1. The molecule has 8 nitrogen and oxygen atoms in total. The fraction of sp³-hybridized carbons (Fsp3) is 0.417. The molecular formula is C24H27ClN6O2. The number of amides is 1. The maximum absolute atomic E-state index is 12.0. The molecule has 2 aromatic heterocycles. The SMILES string of the molecule is NCC(=O)NC1Cc2cc(Cl)ccc2-n2c(nnc2C2CCC(Oc3ccccn3)CC2)C1. The quantitative estimate of drug-likeness (QED) is 0.598. The van der Waals surface area contributed by atoms with E-state index in [1.165, 1.54) is 0 Å². The topological polar surface area (TPSA) is 108 Å². The Balaban J connectivity index is 1.39. The highest BCUT2D eigenvalue weighted by molar-refractivity contribution is 6.30. The van der Waals surface area contributed by atoms with E-state index in [0.29, 0.717) is 23.7 Å². The first-order chi connectivity index (χ1) is 16.1. The van der Waals surface area contributed by atoms with Gasteiger partial charge in [0.15, 0.2) is 0 Å². The van der Waals surface area contributed by atoms with Gasteiger partial charge in [-0.2, -0.15) is 0 Å². The molecule has 9 heteroatoms. The Hall–Kier alpha value is -2.97. The Bertz CT molecular complexity index is 1130. The zero-order valence-electron chi connectivity index (χ0n) is 18.3. The fourth-order valence-electron chi connectivity index (χ4n) is 4.90. The number of aromatic nitrogens is 4. The van der Waals surface area contributed by atoms with E-state index < -0.39 is 0 Å². The Morgan fingerprint density at radius 2 is 2.00 bits per heavy atom. The lowest BCUT2D eigenvalue weighted by Gasteiger charge is -2.28. The van der Waals surface area contributed by atoms with Crippen molar-refractivity contribution in [3.8, 4) is 11.6 Å². The molecule has 0 bridgehead atoms. The molecule has 2 aliphatic rings. The lowest BCUT2D eigenvalue weighted by atomic mass is 9.86. The summed E-state index contributed by atoms with van der Waals surface area (Å²) in [6.07, 6.45) is 6.96. The molecule has 1 atom stereocenters. The average Bonchev–Trinajstić information content (AvgIpc) is 3.17. The van der Waals surface area contributed by atoms with E-state index in [1.54, 1.807) is 6.20 Å². The number of fused-ring (bicyclic) bond motifs is 3. The number of hydrogen-bond donors (Lipinski definition) is 2. The summed E-state index contributed by atoms with van der Waals surface area (Å²) in [7, 11) is 0. The lowest BCUT2D eigenvalue weighted by Crippen LogP contribution is -2.41. The van der Waals surface area contributed by atoms with Crippen molar-refractivity contribution in [2.75, 3.05) is 6.54 Å². The molecule has 1 aliphatic heterocycles. The molecule has 1 fully saturated rings. The minimum Gasteiger partial charge on any atom is -0.474 e. The lowest BCUT2D eigenvalue weighted by molar-refractivity contribution is -0.120. The van der Waals surface area contributed by atoms with Crippen LogP contribution in [-0.2, 0) is 17.6 Å². The predicted molar refractivity (Wildman–Crippen MR) is 125 cm³/mol. The number of hydrogen-bond acceptors (Lipinski definition) is 6. The first kappa shape index (κ1) is 21.9. The first-order valence-corrected chi connectivity index (χ1v) is 11.8. The van der Waals surface area contributed by atoms with Crippen LogP contribution in [0.2, 0.25) is 5.02 Å². The summed E-state index contributed by atoms with van der Waals surface area (Å²) >= 11 is 6.32. The van der Waals surface area contributed by atoms with E-state index in [-0.39, 0.29) is 30.5 Å². The minimum absolute atomic E-state index is 0.0410. The van der Waals surface area contributed by atoms with E-state index in [9.17, 15) is 4.79 Å². The van der Waals surface area contributed by atoms with Crippen LogP contribution in [0.15, 0.2) is 42.6 Å². The molecule has 3 aromatic rings. The van der Waals surface area contributed by atoms with Gasteiger partial charge in [0.1, 0.15) is 17.8 Å². The van der Waals surface area contributed by atoms with Gasteiger partial charge in [-0.3, -0.25) is 9.36 Å². The van der Waals surface area contributed by atoms with Crippen molar-refractivity contribution in [2.45, 2.75) is 56.6 Å². The third-order valence-corrected chi connectivity index (χ3v) is 6.68. The first-order valence-electron chi connectivity index (χ1n) is 11.4. The van der Waals surface area contributed by atoms with Crippen LogP contribution in [0, 0.1) is 0 Å². The zero-order valence-corrected chi connectivity index (χ0v) is 19.0. The Morgan fingerprint density at radius 1 is 1.15 bits per heavy atom. The van der Waals surface area contributed by atoms with Crippen LogP contribution in [0.25, 0.3) is 5.69 Å². The van der Waals surface area contributed by atoms with Gasteiger partial charge in [0.05, 0.1) is 12.2 Å². The van der Waals surface area contributed by atoms with Gasteiger partial charge in [-0.15, -0.1) is 10.2 Å². The Kier molecular flexibility index (Phi) is 6.28. The van der Waals surface area contributed by atoms with Gasteiger partial charge >= 0.3 is 0 Å². The smallest absolute Gasteiger partial charge is 0.233 e. The monoisotopic (exact) mass is 466 g/mol. The van der Waals surface area contributed by atoms with Gasteiger partial charge in [0, 0.05) is 35.7 Å². The Morgan fingerprint density at radius 3 is 2.76 bits per heavy atom. The number of carbonyl (C=O) groups excluding carboxylic acids is 1. The summed E-state index contributed by atoms with van der Waals surface area (Å²) < 4.78 is 8.24. The number of pyridine rings is 1. The second-order valence-electron chi connectivity index (χ2n) is 8.72. The molecule has 5 rings (SSSR count). The van der Waals surface area contributed by atoms with Gasteiger partial charge in [-0.1, -0.05) is 17.7 Å². The van der Waals surface area contributed by atoms with Crippen LogP contribution in [0.4, 0.5) is 0 Å². The number of rotatable bonds is 5. The van der Waals surface area contributed by atoms with Gasteiger partial charge < -0.3 is 15.8 Å². The number of ether oxygens (including phenoxy) is 1. The maximum atomic E-state index is 12.0. The van der Waals surface area contributed by atoms with Crippen LogP contribution in [0.3, 0.4) is 0 Å². The summed E-state index contributed by atoms with van der Waals surface area (Å²) in [6.45, 7) is -0.0410. The molecule has 3 N–H and O–H groups in total. The molecule has 0 spiro atoms. The van der Waals surface area contributed by atoms with Gasteiger partial charge in [-0.05, 0) is 61.9 Å². The predicted octanol–water partition coefficient (Wildman–Crippen LogP) is 2.96. The van der Waals surface area contributed by atoms with E-state index >= 15 is 0 Å². The highest BCUT2D eigenvalue weighted by Crippen LogP contribution is 2.37. The molecule has 0 radical (unpaired) electrons. The van der Waals surface area contributed by atoms with Crippen LogP contribution in [0.1, 0.15) is 48.8 Å². The molecule has 0 saturated heterocycles. The summed E-state index contributed by atoms with van der Waals surface area (Å²) in [4.78, 5) is 16.3. The number of nitrogens with zero attached hydrogens (tertiary/aromatic N) is 4. The molecule has 33 heavy (non-hydrogen) atoms. The normalized spacial score (nSPS) is 22.1. The third-order valence-electron chi connectivity index (χ3n) is 6.45. The summed E-state index contributed by atoms with van der Waals surface area (Å²) in [5, 5.41) is 12.8. The number of benzene rings is 1. The highest BCUT2D eigenvalue weighted by atomic mass is 35.5. The van der Waals surface area contributed by atoms with E-state index in [2.05, 4.69) is 25.1 Å². The van der Waals surface area contributed by atoms with Crippen LogP contribution >= 0.6 is 11.6 Å². The second-order valence-corrected chi connectivity index (χ2v) is 9.16. The average molecular weight is 467 g/mol. The number of nitrogens with two attached hydrogens (primary N) is 1. The largest absolute Gasteiger partial charge is 0.474 e. The van der Waals surface area contributed by atoms with Crippen LogP contribution < -0.4 is 15.8 Å². The van der Waals surface area contributed by atoms with Crippen molar-refractivity contribution < 1.29 is 9.53 Å². The molecule has 172 valence electrons. The van der Waals surface area contributed by atoms with Crippen molar-refractivity contribution in [1.82, 2.24) is 25.1 Å². The van der Waals surface area contributed by atoms with Crippen molar-refractivity contribution in [1.29, 1.82) is 0 Å². The minimum atomic E-state index is -0.178. The van der Waals surface area contributed by atoms with Gasteiger partial charge in [0.25, 0.3) is 0 Å². The van der Waals surface area contributed by atoms with Crippen molar-refractivity contribution in [2.24, 2.45) is 5.73 Å². The zero-order chi connectivity index (χ0) is 22.8. The molecule has 3 heterocycles. The molecule has 1 saturated carbocycles. The summed E-state index contributed by atoms with van der Waals surface area (Å²) in [5.41, 5.74) is 7.62. The van der Waals surface area contributed by atoms with E-state index in [4.69, 9.17) is 22.1 Å². The molecule has 1 unspecified atom stereocenters. The maximum Gasteiger partial charge on any atom is 0.233 e. The highest BCUT2D eigenvalue weighted by Gasteiger charge is 2.32.